The number of aromatic nitrogens is 2. The molecule has 0 fully saturated rings. The Morgan fingerprint density at radius 2 is 1.66 bits per heavy atom. The average Bonchev–Trinajstić information content (AvgIpc) is 3.11. The molecule has 0 saturated heterocycles. The highest BCUT2D eigenvalue weighted by atomic mass is 16.1. The van der Waals surface area contributed by atoms with Crippen LogP contribution in [0.25, 0.3) is 16.9 Å². The molecule has 0 aliphatic rings. The summed E-state index contributed by atoms with van der Waals surface area (Å²) in [5.41, 5.74) is 6.71. The fourth-order valence-electron chi connectivity index (χ4n) is 3.45. The number of pyridine rings is 1. The molecule has 0 radical (unpaired) electrons. The Balaban J connectivity index is 1.73. The van der Waals surface area contributed by atoms with Crippen LogP contribution in [-0.2, 0) is 6.54 Å². The van der Waals surface area contributed by atoms with Gasteiger partial charge in [-0.2, -0.15) is 0 Å². The van der Waals surface area contributed by atoms with Gasteiger partial charge in [-0.15, -0.1) is 0 Å². The molecule has 144 valence electrons. The highest BCUT2D eigenvalue weighted by Crippen LogP contribution is 2.29. The van der Waals surface area contributed by atoms with Crippen molar-refractivity contribution >= 4 is 5.91 Å². The molecule has 0 aliphatic carbocycles. The third-order valence-corrected chi connectivity index (χ3v) is 5.01. The number of carbonyl (C=O) groups excluding carboxylic acids is 1. The Labute approximate surface area is 170 Å². The Morgan fingerprint density at radius 1 is 0.931 bits per heavy atom. The van der Waals surface area contributed by atoms with Crippen molar-refractivity contribution in [3.63, 3.8) is 0 Å². The second-order valence-electron chi connectivity index (χ2n) is 7.07. The van der Waals surface area contributed by atoms with Crippen LogP contribution in [0.4, 0.5) is 0 Å². The molecule has 2 heterocycles. The summed E-state index contributed by atoms with van der Waals surface area (Å²) in [6, 6.07) is 26.2. The van der Waals surface area contributed by atoms with Gasteiger partial charge in [0.1, 0.15) is 0 Å². The molecule has 4 rings (SSSR count). The third-order valence-electron chi connectivity index (χ3n) is 5.01. The summed E-state index contributed by atoms with van der Waals surface area (Å²) >= 11 is 0. The van der Waals surface area contributed by atoms with Gasteiger partial charge in [0.15, 0.2) is 0 Å². The third kappa shape index (κ3) is 3.97. The highest BCUT2D eigenvalue weighted by molar-refractivity contribution is 5.97. The minimum atomic E-state index is -0.101. The minimum absolute atomic E-state index is 0.101. The zero-order valence-electron chi connectivity index (χ0n) is 16.6. The largest absolute Gasteiger partial charge is 0.346 e. The first-order valence-electron chi connectivity index (χ1n) is 9.66. The summed E-state index contributed by atoms with van der Waals surface area (Å²) in [7, 11) is 0. The van der Waals surface area contributed by atoms with Gasteiger partial charge >= 0.3 is 0 Å². The predicted octanol–water partition coefficient (Wildman–Crippen LogP) is 5.09. The first-order chi connectivity index (χ1) is 14.1. The van der Waals surface area contributed by atoms with Crippen LogP contribution in [0.15, 0.2) is 85.1 Å². The molecule has 0 spiro atoms. The first kappa shape index (κ1) is 18.7. The van der Waals surface area contributed by atoms with E-state index in [4.69, 9.17) is 0 Å². The quantitative estimate of drug-likeness (QED) is 0.524. The molecule has 0 bridgehead atoms. The van der Waals surface area contributed by atoms with Crippen LogP contribution in [0, 0.1) is 13.8 Å². The Bertz CT molecular complexity index is 1110. The van der Waals surface area contributed by atoms with Crippen LogP contribution in [0.3, 0.4) is 0 Å². The Hall–Kier alpha value is -3.66. The van der Waals surface area contributed by atoms with E-state index in [0.717, 1.165) is 28.3 Å². The predicted molar refractivity (Wildman–Crippen MR) is 116 cm³/mol. The molecule has 29 heavy (non-hydrogen) atoms. The van der Waals surface area contributed by atoms with Crippen molar-refractivity contribution in [2.24, 2.45) is 0 Å². The van der Waals surface area contributed by atoms with Gasteiger partial charge in [0.2, 0.25) is 0 Å². The maximum atomic E-state index is 13.0. The lowest BCUT2D eigenvalue weighted by Gasteiger charge is -2.13. The van der Waals surface area contributed by atoms with Crippen LogP contribution in [-0.4, -0.2) is 15.5 Å². The van der Waals surface area contributed by atoms with E-state index in [1.807, 2.05) is 49.4 Å². The molecule has 1 amide bonds. The second-order valence-corrected chi connectivity index (χ2v) is 7.07. The number of benzene rings is 2. The topological polar surface area (TPSA) is 46.9 Å². The lowest BCUT2D eigenvalue weighted by Crippen LogP contribution is -2.23. The molecule has 0 saturated carbocycles. The van der Waals surface area contributed by atoms with Crippen molar-refractivity contribution < 1.29 is 4.79 Å². The fraction of sp³-hybridized carbons (Fsp3) is 0.120. The summed E-state index contributed by atoms with van der Waals surface area (Å²) in [6.45, 7) is 4.46. The van der Waals surface area contributed by atoms with Gasteiger partial charge in [-0.25, -0.2) is 0 Å². The van der Waals surface area contributed by atoms with E-state index in [1.165, 1.54) is 5.56 Å². The number of hydrogen-bond acceptors (Lipinski definition) is 2. The molecular formula is C25H23N3O. The van der Waals surface area contributed by atoms with Crippen molar-refractivity contribution in [1.29, 1.82) is 0 Å². The van der Waals surface area contributed by atoms with Crippen LogP contribution in [0.1, 0.15) is 27.3 Å². The number of carbonyl (C=O) groups is 1. The van der Waals surface area contributed by atoms with E-state index in [1.54, 1.807) is 6.20 Å². The number of nitrogens with zero attached hydrogens (tertiary/aromatic N) is 2. The summed E-state index contributed by atoms with van der Waals surface area (Å²) in [4.78, 5) is 17.2. The lowest BCUT2D eigenvalue weighted by atomic mass is 10.1. The van der Waals surface area contributed by atoms with Gasteiger partial charge in [-0.05, 0) is 49.7 Å². The van der Waals surface area contributed by atoms with Crippen molar-refractivity contribution in [3.8, 4) is 16.9 Å². The number of aryl methyl sites for hydroxylation is 1. The van der Waals surface area contributed by atoms with E-state index in [2.05, 4.69) is 58.2 Å². The molecule has 1 N–H and O–H groups in total. The molecule has 2 aromatic heterocycles. The zero-order chi connectivity index (χ0) is 20.2. The van der Waals surface area contributed by atoms with Crippen molar-refractivity contribution in [3.05, 3.63) is 108 Å². The Morgan fingerprint density at radius 3 is 2.34 bits per heavy atom. The fourth-order valence-corrected chi connectivity index (χ4v) is 3.45. The van der Waals surface area contributed by atoms with Crippen LogP contribution in [0.5, 0.6) is 0 Å². The standard InChI is InChI=1S/C25H23N3O/c1-18-11-13-22(14-12-18)28-19(2)23(16-24(28)20-8-4-3-5-9-20)25(29)27-17-21-10-6-7-15-26-21/h3-16H,17H2,1-2H3,(H,27,29). The zero-order valence-corrected chi connectivity index (χ0v) is 16.6. The first-order valence-corrected chi connectivity index (χ1v) is 9.66. The molecule has 0 unspecified atom stereocenters. The molecular weight excluding hydrogens is 358 g/mol. The van der Waals surface area contributed by atoms with Gasteiger partial charge < -0.3 is 9.88 Å². The maximum absolute atomic E-state index is 13.0. The minimum Gasteiger partial charge on any atom is -0.346 e. The molecule has 2 aromatic carbocycles. The van der Waals surface area contributed by atoms with Gasteiger partial charge in [0.05, 0.1) is 23.5 Å². The van der Waals surface area contributed by atoms with E-state index < -0.39 is 0 Å². The molecule has 4 heteroatoms. The summed E-state index contributed by atoms with van der Waals surface area (Å²) < 4.78 is 2.14. The summed E-state index contributed by atoms with van der Waals surface area (Å²) in [6.07, 6.45) is 1.73. The summed E-state index contributed by atoms with van der Waals surface area (Å²) in [5.74, 6) is -0.101. The second kappa shape index (κ2) is 8.15. The van der Waals surface area contributed by atoms with Gasteiger partial charge in [0.25, 0.3) is 5.91 Å². The van der Waals surface area contributed by atoms with Crippen LogP contribution < -0.4 is 5.32 Å². The molecule has 4 nitrogen and oxygen atoms in total. The van der Waals surface area contributed by atoms with E-state index in [9.17, 15) is 4.79 Å². The number of hydrogen-bond donors (Lipinski definition) is 1. The van der Waals surface area contributed by atoms with E-state index in [-0.39, 0.29) is 5.91 Å². The maximum Gasteiger partial charge on any atom is 0.253 e. The average molecular weight is 381 g/mol. The van der Waals surface area contributed by atoms with Crippen LogP contribution >= 0.6 is 0 Å². The van der Waals surface area contributed by atoms with Gasteiger partial charge in [-0.3, -0.25) is 9.78 Å². The van der Waals surface area contributed by atoms with Crippen molar-refractivity contribution in [2.45, 2.75) is 20.4 Å². The van der Waals surface area contributed by atoms with Gasteiger partial charge in [-0.1, -0.05) is 54.1 Å². The highest BCUT2D eigenvalue weighted by Gasteiger charge is 2.19. The summed E-state index contributed by atoms with van der Waals surface area (Å²) in [5, 5.41) is 2.99. The number of nitrogens with one attached hydrogen (secondary N) is 1. The molecule has 0 aliphatic heterocycles. The normalized spacial score (nSPS) is 10.7. The molecule has 4 aromatic rings. The lowest BCUT2D eigenvalue weighted by molar-refractivity contribution is 0.0950. The monoisotopic (exact) mass is 381 g/mol. The van der Waals surface area contributed by atoms with Gasteiger partial charge in [0, 0.05) is 17.6 Å². The van der Waals surface area contributed by atoms with Crippen LogP contribution in [0.2, 0.25) is 0 Å². The van der Waals surface area contributed by atoms with E-state index >= 15 is 0 Å². The number of amides is 1. The molecule has 0 atom stereocenters. The van der Waals surface area contributed by atoms with Crippen molar-refractivity contribution in [1.82, 2.24) is 14.9 Å². The SMILES string of the molecule is Cc1ccc(-n2c(-c3ccccc3)cc(C(=O)NCc3ccccn3)c2C)cc1. The van der Waals surface area contributed by atoms with E-state index in [0.29, 0.717) is 12.1 Å². The smallest absolute Gasteiger partial charge is 0.253 e. The number of rotatable bonds is 5. The van der Waals surface area contributed by atoms with Crippen molar-refractivity contribution in [2.75, 3.05) is 0 Å². The Kier molecular flexibility index (Phi) is 5.25.